The van der Waals surface area contributed by atoms with Gasteiger partial charge in [-0.1, -0.05) is 12.1 Å². The molecule has 0 aliphatic carbocycles. The van der Waals surface area contributed by atoms with E-state index in [1.807, 2.05) is 31.2 Å². The summed E-state index contributed by atoms with van der Waals surface area (Å²) in [5.74, 6) is 1.29. The minimum Gasteiger partial charge on any atom is -0.457 e. The van der Waals surface area contributed by atoms with Crippen molar-refractivity contribution >= 4 is 22.4 Å². The summed E-state index contributed by atoms with van der Waals surface area (Å²) in [4.78, 5) is 0.176. The number of sulfonamides is 1. The summed E-state index contributed by atoms with van der Waals surface area (Å²) in [6, 6.07) is 13.9. The van der Waals surface area contributed by atoms with Gasteiger partial charge in [0.1, 0.15) is 11.5 Å². The molecule has 0 saturated carbocycles. The zero-order valence-corrected chi connectivity index (χ0v) is 15.6. The molecule has 0 aromatic heterocycles. The summed E-state index contributed by atoms with van der Waals surface area (Å²) in [7, 11) is -3.61. The maximum atomic E-state index is 12.3. The van der Waals surface area contributed by atoms with Crippen LogP contribution in [0, 0.1) is 6.92 Å². The lowest BCUT2D eigenvalue weighted by molar-refractivity contribution is 0.462. The minimum absolute atomic E-state index is 0. The lowest BCUT2D eigenvalue weighted by Gasteiger charge is -2.23. The number of halogens is 1. The number of nitrogens with two attached hydrogens (primary N) is 1. The lowest BCUT2D eigenvalue weighted by Crippen LogP contribution is -2.48. The predicted octanol–water partition coefficient (Wildman–Crippen LogP) is 3.22. The van der Waals surface area contributed by atoms with E-state index in [2.05, 4.69) is 4.72 Å². The fourth-order valence-corrected chi connectivity index (χ4v) is 3.39. The van der Waals surface area contributed by atoms with Gasteiger partial charge < -0.3 is 10.5 Å². The molecular formula is C17H23ClN2O3S. The quantitative estimate of drug-likeness (QED) is 0.817. The molecule has 2 aromatic rings. The first-order valence-corrected chi connectivity index (χ1v) is 8.79. The van der Waals surface area contributed by atoms with Crippen LogP contribution >= 0.6 is 12.4 Å². The Kier molecular flexibility index (Phi) is 6.80. The number of hydrogen-bond donors (Lipinski definition) is 2. The van der Waals surface area contributed by atoms with Crippen LogP contribution in [-0.2, 0) is 10.0 Å². The Hall–Kier alpha value is -1.60. The molecule has 3 N–H and O–H groups in total. The number of aryl methyl sites for hydroxylation is 1. The SMILES string of the molecule is Cc1cccc(Oc2ccc(S(=O)(=O)NC(C)(C)CN)cc2)c1.Cl. The third-order valence-electron chi connectivity index (χ3n) is 3.28. The topological polar surface area (TPSA) is 81.4 Å². The number of nitrogens with one attached hydrogen (secondary N) is 1. The molecule has 2 rings (SSSR count). The van der Waals surface area contributed by atoms with Crippen molar-refractivity contribution in [3.8, 4) is 11.5 Å². The minimum atomic E-state index is -3.61. The fraction of sp³-hybridized carbons (Fsp3) is 0.294. The van der Waals surface area contributed by atoms with E-state index in [1.165, 1.54) is 12.1 Å². The Morgan fingerprint density at radius 1 is 1.08 bits per heavy atom. The Labute approximate surface area is 149 Å². The molecule has 0 aliphatic heterocycles. The Morgan fingerprint density at radius 3 is 2.25 bits per heavy atom. The highest BCUT2D eigenvalue weighted by molar-refractivity contribution is 7.89. The average Bonchev–Trinajstić information content (AvgIpc) is 2.47. The van der Waals surface area contributed by atoms with Gasteiger partial charge in [-0.25, -0.2) is 13.1 Å². The molecule has 0 aliphatic rings. The average molecular weight is 371 g/mol. The number of hydrogen-bond acceptors (Lipinski definition) is 4. The standard InChI is InChI=1S/C17H22N2O3S.ClH/c1-13-5-4-6-15(11-13)22-14-7-9-16(10-8-14)23(20,21)19-17(2,3)12-18;/h4-11,19H,12,18H2,1-3H3;1H. The predicted molar refractivity (Wildman–Crippen MR) is 98.4 cm³/mol. The maximum Gasteiger partial charge on any atom is 0.241 e. The van der Waals surface area contributed by atoms with E-state index in [-0.39, 0.29) is 23.8 Å². The molecule has 0 radical (unpaired) electrons. The van der Waals surface area contributed by atoms with Crippen LogP contribution in [0.2, 0.25) is 0 Å². The van der Waals surface area contributed by atoms with Crippen molar-refractivity contribution in [2.24, 2.45) is 5.73 Å². The second kappa shape index (κ2) is 7.98. The molecule has 2 aromatic carbocycles. The van der Waals surface area contributed by atoms with Crippen molar-refractivity contribution in [2.45, 2.75) is 31.2 Å². The van der Waals surface area contributed by atoms with Gasteiger partial charge in [0.2, 0.25) is 10.0 Å². The highest BCUT2D eigenvalue weighted by Crippen LogP contribution is 2.24. The van der Waals surface area contributed by atoms with Crippen LogP contribution in [0.15, 0.2) is 53.4 Å². The monoisotopic (exact) mass is 370 g/mol. The van der Waals surface area contributed by atoms with Gasteiger partial charge in [-0.15, -0.1) is 12.4 Å². The number of benzene rings is 2. The number of rotatable bonds is 6. The molecule has 7 heteroatoms. The van der Waals surface area contributed by atoms with E-state index in [9.17, 15) is 8.42 Å². The van der Waals surface area contributed by atoms with Crippen molar-refractivity contribution in [1.82, 2.24) is 4.72 Å². The molecule has 0 fully saturated rings. The van der Waals surface area contributed by atoms with Gasteiger partial charge in [-0.05, 0) is 62.7 Å². The van der Waals surface area contributed by atoms with E-state index in [0.29, 0.717) is 11.5 Å². The molecule has 0 heterocycles. The van der Waals surface area contributed by atoms with Crippen LogP contribution in [0.5, 0.6) is 11.5 Å². The first kappa shape index (κ1) is 20.4. The molecule has 5 nitrogen and oxygen atoms in total. The Balaban J connectivity index is 0.00000288. The van der Waals surface area contributed by atoms with Gasteiger partial charge in [-0.2, -0.15) is 0 Å². The van der Waals surface area contributed by atoms with E-state index >= 15 is 0 Å². The smallest absolute Gasteiger partial charge is 0.241 e. The number of ether oxygens (including phenoxy) is 1. The van der Waals surface area contributed by atoms with Crippen molar-refractivity contribution in [3.63, 3.8) is 0 Å². The van der Waals surface area contributed by atoms with Gasteiger partial charge >= 0.3 is 0 Å². The van der Waals surface area contributed by atoms with Crippen molar-refractivity contribution in [2.75, 3.05) is 6.54 Å². The molecule has 0 unspecified atom stereocenters. The summed E-state index contributed by atoms with van der Waals surface area (Å²) in [5.41, 5.74) is 5.96. The van der Waals surface area contributed by atoms with Crippen LogP contribution in [0.1, 0.15) is 19.4 Å². The van der Waals surface area contributed by atoms with Crippen LogP contribution in [0.25, 0.3) is 0 Å². The summed E-state index contributed by atoms with van der Waals surface area (Å²) >= 11 is 0. The van der Waals surface area contributed by atoms with Crippen LogP contribution in [-0.4, -0.2) is 20.5 Å². The van der Waals surface area contributed by atoms with Gasteiger partial charge in [0.05, 0.1) is 4.90 Å². The van der Waals surface area contributed by atoms with E-state index in [0.717, 1.165) is 5.56 Å². The Morgan fingerprint density at radius 2 is 1.71 bits per heavy atom. The first-order chi connectivity index (χ1) is 10.7. The normalized spacial score (nSPS) is 11.7. The van der Waals surface area contributed by atoms with E-state index < -0.39 is 15.6 Å². The van der Waals surface area contributed by atoms with Gasteiger partial charge in [0.15, 0.2) is 0 Å². The largest absolute Gasteiger partial charge is 0.457 e. The third-order valence-corrected chi connectivity index (χ3v) is 4.99. The van der Waals surface area contributed by atoms with E-state index in [1.54, 1.807) is 26.0 Å². The van der Waals surface area contributed by atoms with E-state index in [4.69, 9.17) is 10.5 Å². The van der Waals surface area contributed by atoms with Crippen molar-refractivity contribution in [1.29, 1.82) is 0 Å². The highest BCUT2D eigenvalue weighted by Gasteiger charge is 2.24. The molecule has 0 atom stereocenters. The van der Waals surface area contributed by atoms with Crippen LogP contribution in [0.4, 0.5) is 0 Å². The van der Waals surface area contributed by atoms with Crippen molar-refractivity contribution in [3.05, 3.63) is 54.1 Å². The summed E-state index contributed by atoms with van der Waals surface area (Å²) in [6.45, 7) is 5.66. The fourth-order valence-electron chi connectivity index (χ4n) is 1.97. The van der Waals surface area contributed by atoms with Gasteiger partial charge in [0, 0.05) is 12.1 Å². The highest BCUT2D eigenvalue weighted by atomic mass is 35.5. The lowest BCUT2D eigenvalue weighted by atomic mass is 10.1. The molecular weight excluding hydrogens is 348 g/mol. The third kappa shape index (κ3) is 5.49. The molecule has 0 amide bonds. The molecule has 132 valence electrons. The van der Waals surface area contributed by atoms with Crippen LogP contribution < -0.4 is 15.2 Å². The van der Waals surface area contributed by atoms with Gasteiger partial charge in [0.25, 0.3) is 0 Å². The maximum absolute atomic E-state index is 12.3. The second-order valence-electron chi connectivity index (χ2n) is 6.08. The molecule has 0 bridgehead atoms. The summed E-state index contributed by atoms with van der Waals surface area (Å²) in [6.07, 6.45) is 0. The van der Waals surface area contributed by atoms with Crippen LogP contribution in [0.3, 0.4) is 0 Å². The summed E-state index contributed by atoms with van der Waals surface area (Å²) < 4.78 is 32.9. The van der Waals surface area contributed by atoms with Gasteiger partial charge in [-0.3, -0.25) is 0 Å². The molecule has 24 heavy (non-hydrogen) atoms. The zero-order valence-electron chi connectivity index (χ0n) is 13.9. The first-order valence-electron chi connectivity index (χ1n) is 7.30. The molecule has 0 spiro atoms. The second-order valence-corrected chi connectivity index (χ2v) is 7.77. The zero-order chi connectivity index (χ0) is 17.1. The van der Waals surface area contributed by atoms with Crippen molar-refractivity contribution < 1.29 is 13.2 Å². The summed E-state index contributed by atoms with van der Waals surface area (Å²) in [5, 5.41) is 0. The molecule has 0 saturated heterocycles. The Bertz CT molecular complexity index is 775.